The molecule has 0 aliphatic carbocycles. The Kier molecular flexibility index (Phi) is 8.15. The topological polar surface area (TPSA) is 75.7 Å². The molecule has 1 aromatic carbocycles. The van der Waals surface area contributed by atoms with Crippen molar-refractivity contribution >= 4 is 27.5 Å². The molecule has 6 nitrogen and oxygen atoms in total. The highest BCUT2D eigenvalue weighted by atomic mass is 35.5. The van der Waals surface area contributed by atoms with Crippen LogP contribution in [0.25, 0.3) is 0 Å². The summed E-state index contributed by atoms with van der Waals surface area (Å²) >= 11 is 6.02. The molecule has 0 fully saturated rings. The molecule has 1 rings (SSSR count). The van der Waals surface area contributed by atoms with Gasteiger partial charge in [-0.3, -0.25) is 4.79 Å². The van der Waals surface area contributed by atoms with E-state index in [0.29, 0.717) is 32.1 Å². The first kappa shape index (κ1) is 20.9. The summed E-state index contributed by atoms with van der Waals surface area (Å²) in [5.74, 6) is 0.0689. The second-order valence-electron chi connectivity index (χ2n) is 6.01. The summed E-state index contributed by atoms with van der Waals surface area (Å²) in [4.78, 5) is 12.2. The van der Waals surface area contributed by atoms with E-state index in [1.165, 1.54) is 32.3 Å². The third-order valence-corrected chi connectivity index (χ3v) is 5.30. The van der Waals surface area contributed by atoms with Crippen molar-refractivity contribution in [3.63, 3.8) is 0 Å². The number of benzene rings is 1. The second-order valence-corrected chi connectivity index (χ2v) is 8.57. The van der Waals surface area contributed by atoms with Crippen molar-refractivity contribution in [3.05, 3.63) is 28.8 Å². The summed E-state index contributed by atoms with van der Waals surface area (Å²) in [5, 5.41) is 2.93. The normalized spacial score (nSPS) is 12.0. The van der Waals surface area contributed by atoms with Crippen LogP contribution in [0.4, 0.5) is 0 Å². The molecular formula is C16H25ClN2O4S. The number of sulfonamides is 1. The van der Waals surface area contributed by atoms with Crippen LogP contribution >= 0.6 is 11.6 Å². The molecule has 8 heteroatoms. The van der Waals surface area contributed by atoms with Crippen molar-refractivity contribution < 1.29 is 17.9 Å². The number of hydrogen-bond acceptors (Lipinski definition) is 4. The zero-order valence-electron chi connectivity index (χ0n) is 14.5. The number of halogens is 1. The minimum atomic E-state index is -3.62. The minimum Gasteiger partial charge on any atom is -0.381 e. The van der Waals surface area contributed by atoms with Crippen molar-refractivity contribution in [2.24, 2.45) is 5.92 Å². The predicted molar refractivity (Wildman–Crippen MR) is 94.9 cm³/mol. The molecule has 0 saturated heterocycles. The van der Waals surface area contributed by atoms with E-state index in [-0.39, 0.29) is 15.5 Å². The van der Waals surface area contributed by atoms with E-state index >= 15 is 0 Å². The van der Waals surface area contributed by atoms with Crippen molar-refractivity contribution in [3.8, 4) is 0 Å². The summed E-state index contributed by atoms with van der Waals surface area (Å²) < 4.78 is 30.8. The molecule has 0 saturated carbocycles. The highest BCUT2D eigenvalue weighted by molar-refractivity contribution is 7.89. The van der Waals surface area contributed by atoms with Crippen molar-refractivity contribution in [2.75, 3.05) is 33.9 Å². The van der Waals surface area contributed by atoms with Gasteiger partial charge in [-0.05, 0) is 30.5 Å². The molecule has 0 spiro atoms. The number of carbonyl (C=O) groups is 1. The fourth-order valence-electron chi connectivity index (χ4n) is 1.84. The molecule has 1 amide bonds. The Morgan fingerprint density at radius 3 is 2.58 bits per heavy atom. The van der Waals surface area contributed by atoms with Gasteiger partial charge in [0, 0.05) is 33.9 Å². The van der Waals surface area contributed by atoms with Gasteiger partial charge < -0.3 is 10.1 Å². The lowest BCUT2D eigenvalue weighted by Gasteiger charge is -2.13. The zero-order chi connectivity index (χ0) is 18.3. The summed E-state index contributed by atoms with van der Waals surface area (Å²) in [6.45, 7) is 5.81. The van der Waals surface area contributed by atoms with Crippen LogP contribution in [0.1, 0.15) is 30.6 Å². The Morgan fingerprint density at radius 2 is 2.00 bits per heavy atom. The van der Waals surface area contributed by atoms with Crippen LogP contribution < -0.4 is 5.32 Å². The van der Waals surface area contributed by atoms with E-state index in [9.17, 15) is 13.2 Å². The van der Waals surface area contributed by atoms with Gasteiger partial charge in [-0.25, -0.2) is 12.7 Å². The van der Waals surface area contributed by atoms with Crippen LogP contribution in [-0.4, -0.2) is 52.5 Å². The average molecular weight is 377 g/mol. The molecule has 0 bridgehead atoms. The molecule has 0 atom stereocenters. The lowest BCUT2D eigenvalue weighted by molar-refractivity contribution is 0.0925. The fourth-order valence-corrected chi connectivity index (χ4v) is 2.97. The standard InChI is InChI=1S/C16H25ClN2O4S/c1-12(2)11-23-9-5-8-18-16(20)14-10-13(6-7-15(14)17)24(21,22)19(3)4/h6-7,10,12H,5,8-9,11H2,1-4H3,(H,18,20). The maximum atomic E-state index is 12.2. The Hall–Kier alpha value is -1.15. The molecule has 136 valence electrons. The molecule has 0 aromatic heterocycles. The molecule has 0 aliphatic heterocycles. The predicted octanol–water partition coefficient (Wildman–Crippen LogP) is 2.38. The van der Waals surface area contributed by atoms with E-state index in [4.69, 9.17) is 16.3 Å². The zero-order valence-corrected chi connectivity index (χ0v) is 16.1. The number of hydrogen-bond donors (Lipinski definition) is 1. The molecular weight excluding hydrogens is 352 g/mol. The fraction of sp³-hybridized carbons (Fsp3) is 0.562. The van der Waals surface area contributed by atoms with Gasteiger partial charge in [-0.15, -0.1) is 0 Å². The Labute approximate surface area is 149 Å². The number of carbonyl (C=O) groups excluding carboxylic acids is 1. The van der Waals surface area contributed by atoms with E-state index in [2.05, 4.69) is 19.2 Å². The van der Waals surface area contributed by atoms with Crippen LogP contribution in [0.15, 0.2) is 23.1 Å². The lowest BCUT2D eigenvalue weighted by Crippen LogP contribution is -2.27. The average Bonchev–Trinajstić information content (AvgIpc) is 2.50. The first-order valence-electron chi connectivity index (χ1n) is 7.74. The van der Waals surface area contributed by atoms with E-state index < -0.39 is 15.9 Å². The van der Waals surface area contributed by atoms with Crippen molar-refractivity contribution in [1.29, 1.82) is 0 Å². The molecule has 0 heterocycles. The monoisotopic (exact) mass is 376 g/mol. The van der Waals surface area contributed by atoms with Gasteiger partial charge in [0.15, 0.2) is 0 Å². The number of rotatable bonds is 9. The summed E-state index contributed by atoms with van der Waals surface area (Å²) in [5.41, 5.74) is 0.141. The summed E-state index contributed by atoms with van der Waals surface area (Å²) in [6, 6.07) is 4.09. The van der Waals surface area contributed by atoms with Gasteiger partial charge >= 0.3 is 0 Å². The number of nitrogens with one attached hydrogen (secondary N) is 1. The highest BCUT2D eigenvalue weighted by Crippen LogP contribution is 2.22. The molecule has 0 radical (unpaired) electrons. The van der Waals surface area contributed by atoms with Gasteiger partial charge in [-0.1, -0.05) is 25.4 Å². The third-order valence-electron chi connectivity index (χ3n) is 3.16. The smallest absolute Gasteiger partial charge is 0.252 e. The highest BCUT2D eigenvalue weighted by Gasteiger charge is 2.20. The van der Waals surface area contributed by atoms with Crippen molar-refractivity contribution in [1.82, 2.24) is 9.62 Å². The Balaban J connectivity index is 2.67. The van der Waals surface area contributed by atoms with Crippen LogP contribution in [0.3, 0.4) is 0 Å². The maximum absolute atomic E-state index is 12.2. The Morgan fingerprint density at radius 1 is 1.33 bits per heavy atom. The van der Waals surface area contributed by atoms with Gasteiger partial charge in [0.1, 0.15) is 0 Å². The first-order valence-corrected chi connectivity index (χ1v) is 9.56. The third kappa shape index (κ3) is 6.05. The van der Waals surface area contributed by atoms with Crippen LogP contribution in [0.2, 0.25) is 5.02 Å². The van der Waals surface area contributed by atoms with Crippen molar-refractivity contribution in [2.45, 2.75) is 25.2 Å². The number of ether oxygens (including phenoxy) is 1. The molecule has 1 aromatic rings. The van der Waals surface area contributed by atoms with E-state index in [0.717, 1.165) is 4.31 Å². The lowest BCUT2D eigenvalue weighted by atomic mass is 10.2. The Bertz CT molecular complexity index is 660. The van der Waals surface area contributed by atoms with Crippen LogP contribution in [0.5, 0.6) is 0 Å². The van der Waals surface area contributed by atoms with Gasteiger partial charge in [0.25, 0.3) is 5.91 Å². The van der Waals surface area contributed by atoms with Crippen LogP contribution in [-0.2, 0) is 14.8 Å². The largest absolute Gasteiger partial charge is 0.381 e. The summed E-state index contributed by atoms with van der Waals surface area (Å²) in [6.07, 6.45) is 0.672. The summed E-state index contributed by atoms with van der Waals surface area (Å²) in [7, 11) is -0.753. The van der Waals surface area contributed by atoms with Gasteiger partial charge in [0.05, 0.1) is 15.5 Å². The second kappa shape index (κ2) is 9.36. The molecule has 0 aliphatic rings. The quantitative estimate of drug-likeness (QED) is 0.671. The number of amides is 1. The van der Waals surface area contributed by atoms with E-state index in [1.807, 2.05) is 0 Å². The molecule has 1 N–H and O–H groups in total. The number of nitrogens with zero attached hydrogens (tertiary/aromatic N) is 1. The molecule has 0 unspecified atom stereocenters. The molecule has 24 heavy (non-hydrogen) atoms. The maximum Gasteiger partial charge on any atom is 0.252 e. The van der Waals surface area contributed by atoms with E-state index in [1.54, 1.807) is 0 Å². The first-order chi connectivity index (χ1) is 11.2. The van der Waals surface area contributed by atoms with Crippen LogP contribution in [0, 0.1) is 5.92 Å². The van der Waals surface area contributed by atoms with Gasteiger partial charge in [0.2, 0.25) is 10.0 Å². The van der Waals surface area contributed by atoms with Gasteiger partial charge in [-0.2, -0.15) is 0 Å². The SMILES string of the molecule is CC(C)COCCCNC(=O)c1cc(S(=O)(=O)N(C)C)ccc1Cl. The minimum absolute atomic E-state index is 0.0299.